The normalized spacial score (nSPS) is 21.5. The van der Waals surface area contributed by atoms with E-state index in [-0.39, 0.29) is 17.8 Å². The number of carbonyl (C=O) groups excluding carboxylic acids is 1. The van der Waals surface area contributed by atoms with Crippen molar-refractivity contribution in [3.8, 4) is 11.5 Å². The van der Waals surface area contributed by atoms with E-state index in [0.29, 0.717) is 19.8 Å². The second kappa shape index (κ2) is 9.36. The quantitative estimate of drug-likeness (QED) is 0.730. The number of likely N-dealkylation sites (tertiary alicyclic amines) is 1. The summed E-state index contributed by atoms with van der Waals surface area (Å²) < 4.78 is 24.6. The molecule has 170 valence electrons. The van der Waals surface area contributed by atoms with Crippen LogP contribution in [0.5, 0.6) is 11.5 Å². The number of fused-ring (bicyclic) bond motifs is 1. The van der Waals surface area contributed by atoms with Crippen LogP contribution in [0.3, 0.4) is 0 Å². The molecule has 0 N–H and O–H groups in total. The monoisotopic (exact) mass is 439 g/mol. The van der Waals surface area contributed by atoms with Gasteiger partial charge in [-0.25, -0.2) is 4.39 Å². The molecule has 32 heavy (non-hydrogen) atoms. The van der Waals surface area contributed by atoms with Crippen molar-refractivity contribution in [2.75, 3.05) is 57.4 Å². The molecular weight excluding hydrogens is 409 g/mol. The summed E-state index contributed by atoms with van der Waals surface area (Å²) in [7, 11) is 0. The fraction of sp³-hybridized carbons (Fsp3) is 0.480. The maximum atomic E-state index is 13.3. The van der Waals surface area contributed by atoms with Crippen LogP contribution in [0.25, 0.3) is 0 Å². The average molecular weight is 440 g/mol. The van der Waals surface area contributed by atoms with Crippen LogP contribution in [0.4, 0.5) is 10.1 Å². The van der Waals surface area contributed by atoms with Gasteiger partial charge in [-0.1, -0.05) is 6.07 Å². The second-order valence-corrected chi connectivity index (χ2v) is 8.74. The first-order valence-corrected chi connectivity index (χ1v) is 11.6. The lowest BCUT2D eigenvalue weighted by Crippen LogP contribution is -2.41. The van der Waals surface area contributed by atoms with Crippen molar-refractivity contribution >= 4 is 11.6 Å². The Morgan fingerprint density at radius 3 is 2.56 bits per heavy atom. The highest BCUT2D eigenvalue weighted by molar-refractivity contribution is 5.79. The van der Waals surface area contributed by atoms with Gasteiger partial charge in [-0.2, -0.15) is 0 Å². The van der Waals surface area contributed by atoms with Crippen molar-refractivity contribution in [2.45, 2.75) is 25.3 Å². The molecule has 3 heterocycles. The summed E-state index contributed by atoms with van der Waals surface area (Å²) in [6, 6.07) is 12.8. The van der Waals surface area contributed by atoms with Crippen molar-refractivity contribution in [3.05, 3.63) is 53.8 Å². The van der Waals surface area contributed by atoms with Crippen LogP contribution >= 0.6 is 0 Å². The molecule has 0 saturated carbocycles. The minimum absolute atomic E-state index is 0.0982. The number of hydrogen-bond donors (Lipinski definition) is 0. The molecule has 0 bridgehead atoms. The molecule has 0 radical (unpaired) electrons. The Morgan fingerprint density at radius 1 is 0.906 bits per heavy atom. The molecule has 2 aromatic carbocycles. The summed E-state index contributed by atoms with van der Waals surface area (Å²) in [4.78, 5) is 19.8. The first-order valence-electron chi connectivity index (χ1n) is 11.6. The molecule has 0 aliphatic carbocycles. The Kier molecular flexibility index (Phi) is 6.17. The summed E-state index contributed by atoms with van der Waals surface area (Å²) in [6.07, 6.45) is 2.98. The van der Waals surface area contributed by atoms with Gasteiger partial charge in [-0.05, 0) is 61.2 Å². The molecule has 0 spiro atoms. The third-order valence-electron chi connectivity index (χ3n) is 6.66. The Balaban J connectivity index is 1.21. The van der Waals surface area contributed by atoms with Gasteiger partial charge in [0.05, 0.1) is 12.6 Å². The second-order valence-electron chi connectivity index (χ2n) is 8.74. The van der Waals surface area contributed by atoms with Crippen LogP contribution in [-0.4, -0.2) is 68.2 Å². The number of nitrogens with zero attached hydrogens (tertiary/aromatic N) is 3. The van der Waals surface area contributed by atoms with Gasteiger partial charge in [-0.15, -0.1) is 0 Å². The number of carbonyl (C=O) groups is 1. The Bertz CT molecular complexity index is 952. The first kappa shape index (κ1) is 21.1. The van der Waals surface area contributed by atoms with Gasteiger partial charge in [0.15, 0.2) is 11.5 Å². The molecule has 3 aliphatic rings. The van der Waals surface area contributed by atoms with Crippen LogP contribution in [0.15, 0.2) is 42.5 Å². The molecule has 2 saturated heterocycles. The predicted octanol–water partition coefficient (Wildman–Crippen LogP) is 3.47. The van der Waals surface area contributed by atoms with E-state index in [2.05, 4.69) is 15.9 Å². The van der Waals surface area contributed by atoms with Gasteiger partial charge in [0, 0.05) is 38.4 Å². The van der Waals surface area contributed by atoms with Gasteiger partial charge in [0.1, 0.15) is 19.0 Å². The van der Waals surface area contributed by atoms with Crippen molar-refractivity contribution in [1.82, 2.24) is 9.80 Å². The Morgan fingerprint density at radius 2 is 1.72 bits per heavy atom. The van der Waals surface area contributed by atoms with Crippen molar-refractivity contribution in [3.63, 3.8) is 0 Å². The zero-order valence-corrected chi connectivity index (χ0v) is 18.3. The third-order valence-corrected chi connectivity index (χ3v) is 6.66. The lowest BCUT2D eigenvalue weighted by atomic mass is 10.0. The molecule has 7 heteroatoms. The summed E-state index contributed by atoms with van der Waals surface area (Å²) in [5, 5.41) is 0. The molecule has 6 nitrogen and oxygen atoms in total. The maximum absolute atomic E-state index is 13.3. The van der Waals surface area contributed by atoms with E-state index in [4.69, 9.17) is 9.47 Å². The van der Waals surface area contributed by atoms with Gasteiger partial charge in [-0.3, -0.25) is 9.69 Å². The molecule has 5 rings (SSSR count). The summed E-state index contributed by atoms with van der Waals surface area (Å²) in [5.41, 5.74) is 2.16. The zero-order chi connectivity index (χ0) is 21.9. The van der Waals surface area contributed by atoms with E-state index in [9.17, 15) is 9.18 Å². The van der Waals surface area contributed by atoms with Crippen LogP contribution in [0, 0.1) is 5.82 Å². The van der Waals surface area contributed by atoms with E-state index in [0.717, 1.165) is 74.7 Å². The highest BCUT2D eigenvalue weighted by Crippen LogP contribution is 2.38. The number of amides is 1. The van der Waals surface area contributed by atoms with E-state index in [1.54, 1.807) is 0 Å². The predicted molar refractivity (Wildman–Crippen MR) is 121 cm³/mol. The average Bonchev–Trinajstić information content (AvgIpc) is 3.20. The van der Waals surface area contributed by atoms with Crippen molar-refractivity contribution in [1.29, 1.82) is 0 Å². The minimum Gasteiger partial charge on any atom is -0.486 e. The van der Waals surface area contributed by atoms with Gasteiger partial charge in [0.2, 0.25) is 5.91 Å². The fourth-order valence-corrected chi connectivity index (χ4v) is 5.00. The van der Waals surface area contributed by atoms with Gasteiger partial charge >= 0.3 is 0 Å². The lowest BCUT2D eigenvalue weighted by Gasteiger charge is -2.29. The topological polar surface area (TPSA) is 45.3 Å². The smallest absolute Gasteiger partial charge is 0.237 e. The van der Waals surface area contributed by atoms with E-state index in [1.807, 2.05) is 29.2 Å². The Hall–Kier alpha value is -2.80. The summed E-state index contributed by atoms with van der Waals surface area (Å²) >= 11 is 0. The third kappa shape index (κ3) is 4.53. The SMILES string of the molecule is O=C(CN1CCCN(c2ccc(F)cc2)CC1)N1CCCC1c1ccc2c(c1)OCCO2. The van der Waals surface area contributed by atoms with Crippen molar-refractivity contribution < 1.29 is 18.7 Å². The molecule has 2 aromatic rings. The maximum Gasteiger partial charge on any atom is 0.237 e. The Labute approximate surface area is 188 Å². The van der Waals surface area contributed by atoms with Gasteiger partial charge in [0.25, 0.3) is 0 Å². The van der Waals surface area contributed by atoms with Crippen LogP contribution in [-0.2, 0) is 4.79 Å². The highest BCUT2D eigenvalue weighted by atomic mass is 19.1. The summed E-state index contributed by atoms with van der Waals surface area (Å²) in [6.45, 7) is 5.86. The van der Waals surface area contributed by atoms with Crippen molar-refractivity contribution in [2.24, 2.45) is 0 Å². The first-order chi connectivity index (χ1) is 15.7. The number of ether oxygens (including phenoxy) is 2. The summed E-state index contributed by atoms with van der Waals surface area (Å²) in [5.74, 6) is 1.54. The zero-order valence-electron chi connectivity index (χ0n) is 18.3. The molecule has 1 atom stereocenters. The highest BCUT2D eigenvalue weighted by Gasteiger charge is 2.32. The van der Waals surface area contributed by atoms with Crippen LogP contribution in [0.2, 0.25) is 0 Å². The molecule has 2 fully saturated rings. The fourth-order valence-electron chi connectivity index (χ4n) is 5.00. The largest absolute Gasteiger partial charge is 0.486 e. The molecule has 3 aliphatic heterocycles. The van der Waals surface area contributed by atoms with E-state index in [1.165, 1.54) is 12.1 Å². The molecule has 1 amide bonds. The standard InChI is InChI=1S/C25H30FN3O3/c26-20-5-7-21(8-6-20)28-11-2-10-27(13-14-28)18-25(30)29-12-1-3-22(29)19-4-9-23-24(17-19)32-16-15-31-23/h4-9,17,22H,1-3,10-16,18H2. The van der Waals surface area contributed by atoms with Crippen LogP contribution < -0.4 is 14.4 Å². The number of benzene rings is 2. The number of hydrogen-bond acceptors (Lipinski definition) is 5. The molecule has 0 aromatic heterocycles. The number of rotatable bonds is 4. The van der Waals surface area contributed by atoms with E-state index < -0.39 is 0 Å². The molecular formula is C25H30FN3O3. The molecule has 1 unspecified atom stereocenters. The van der Waals surface area contributed by atoms with E-state index >= 15 is 0 Å². The van der Waals surface area contributed by atoms with Crippen LogP contribution in [0.1, 0.15) is 30.9 Å². The minimum atomic E-state index is -0.214. The van der Waals surface area contributed by atoms with Gasteiger partial charge < -0.3 is 19.3 Å². The lowest BCUT2D eigenvalue weighted by molar-refractivity contribution is -0.133. The number of halogens is 1. The number of anilines is 1.